The third kappa shape index (κ3) is 3.39. The number of pyridine rings is 1. The molecule has 2 amide bonds. The van der Waals surface area contributed by atoms with E-state index in [1.165, 1.54) is 12.7 Å². The summed E-state index contributed by atoms with van der Waals surface area (Å²) < 4.78 is 26.7. The van der Waals surface area contributed by atoms with Crippen molar-refractivity contribution in [2.75, 3.05) is 12.4 Å². The van der Waals surface area contributed by atoms with Gasteiger partial charge in [0.25, 0.3) is 11.3 Å². The number of rotatable bonds is 4. The van der Waals surface area contributed by atoms with E-state index in [2.05, 4.69) is 16.4 Å². The summed E-state index contributed by atoms with van der Waals surface area (Å²) in [5.74, 6) is 0.472. The number of nitrogens with zero attached hydrogens (tertiary/aromatic N) is 1. The fraction of sp³-hybridized carbons (Fsp3) is 0.250. The van der Waals surface area contributed by atoms with Crippen LogP contribution in [0.25, 0.3) is 11.1 Å². The van der Waals surface area contributed by atoms with Gasteiger partial charge < -0.3 is 10.1 Å². The molecule has 0 bridgehead atoms. The Bertz CT molecular complexity index is 810. The van der Waals surface area contributed by atoms with Crippen molar-refractivity contribution in [2.24, 2.45) is 0 Å². The third-order valence-electron chi connectivity index (χ3n) is 3.96. The predicted molar refractivity (Wildman–Crippen MR) is 91.2 cm³/mol. The molecule has 1 aromatic carbocycles. The summed E-state index contributed by atoms with van der Waals surface area (Å²) >= 11 is -2.42. The molecule has 3 rings (SSSR count). The van der Waals surface area contributed by atoms with Gasteiger partial charge in [-0.15, -0.1) is 0 Å². The maximum absolute atomic E-state index is 11.9. The van der Waals surface area contributed by atoms with Crippen molar-refractivity contribution in [1.82, 2.24) is 9.71 Å². The van der Waals surface area contributed by atoms with Crippen molar-refractivity contribution >= 4 is 23.0 Å². The van der Waals surface area contributed by atoms with Gasteiger partial charge in [0.2, 0.25) is 5.88 Å². The molecule has 0 spiro atoms. The summed E-state index contributed by atoms with van der Waals surface area (Å²) in [5.41, 5.74) is 4.55. The molecule has 1 unspecified atom stereocenters. The normalized spacial score (nSPS) is 13.9. The summed E-state index contributed by atoms with van der Waals surface area (Å²) in [6.45, 7) is 0. The molecule has 8 heteroatoms. The van der Waals surface area contributed by atoms with Gasteiger partial charge in [-0.1, -0.05) is 12.1 Å². The topological polar surface area (TPSA) is 101 Å². The number of hydrogen-bond acceptors (Lipinski definition) is 4. The lowest BCUT2D eigenvalue weighted by atomic mass is 9.98. The number of aryl methyl sites for hydroxylation is 1. The van der Waals surface area contributed by atoms with Crippen LogP contribution in [0.3, 0.4) is 0 Å². The van der Waals surface area contributed by atoms with Crippen LogP contribution in [0, 0.1) is 0 Å². The Labute approximate surface area is 141 Å². The number of benzene rings is 1. The molecule has 7 nitrogen and oxygen atoms in total. The molecule has 0 saturated heterocycles. The summed E-state index contributed by atoms with van der Waals surface area (Å²) in [6.07, 6.45) is 4.45. The number of hydrogen-bond donors (Lipinski definition) is 3. The van der Waals surface area contributed by atoms with E-state index in [0.717, 1.165) is 36.0 Å². The molecule has 0 fully saturated rings. The molecular weight excluding hydrogens is 330 g/mol. The smallest absolute Gasteiger partial charge is 0.332 e. The Morgan fingerprint density at radius 2 is 2.17 bits per heavy atom. The maximum atomic E-state index is 11.9. The van der Waals surface area contributed by atoms with Crippen LogP contribution in [-0.2, 0) is 24.1 Å². The van der Waals surface area contributed by atoms with Gasteiger partial charge in [-0.25, -0.2) is 18.7 Å². The first-order valence-corrected chi connectivity index (χ1v) is 8.53. The molecule has 0 aliphatic heterocycles. The Balaban J connectivity index is 2.05. The average molecular weight is 347 g/mol. The second-order valence-corrected chi connectivity index (χ2v) is 6.07. The highest BCUT2D eigenvalue weighted by Gasteiger charge is 2.21. The monoisotopic (exact) mass is 347 g/mol. The minimum Gasteiger partial charge on any atom is -0.481 e. The van der Waals surface area contributed by atoms with Crippen LogP contribution in [0.15, 0.2) is 30.5 Å². The number of amides is 2. The van der Waals surface area contributed by atoms with Gasteiger partial charge in [-0.2, -0.15) is 0 Å². The second kappa shape index (κ2) is 6.98. The van der Waals surface area contributed by atoms with Crippen LogP contribution in [0.1, 0.15) is 17.5 Å². The van der Waals surface area contributed by atoms with E-state index in [1.54, 1.807) is 12.3 Å². The van der Waals surface area contributed by atoms with E-state index >= 15 is 0 Å². The summed E-state index contributed by atoms with van der Waals surface area (Å²) in [4.78, 5) is 16.0. The lowest BCUT2D eigenvalue weighted by molar-refractivity contribution is 0.256. The van der Waals surface area contributed by atoms with Crippen LogP contribution in [0.2, 0.25) is 0 Å². The molecule has 1 aromatic heterocycles. The van der Waals surface area contributed by atoms with Crippen molar-refractivity contribution in [3.05, 3.63) is 41.6 Å². The first-order valence-electron chi connectivity index (χ1n) is 7.42. The van der Waals surface area contributed by atoms with Gasteiger partial charge in [0.15, 0.2) is 0 Å². The number of ether oxygens (including phenoxy) is 1. The Kier molecular flexibility index (Phi) is 4.77. The summed E-state index contributed by atoms with van der Waals surface area (Å²) in [7, 11) is 1.54. The Morgan fingerprint density at radius 1 is 1.33 bits per heavy atom. The molecule has 1 atom stereocenters. The molecule has 24 heavy (non-hydrogen) atoms. The van der Waals surface area contributed by atoms with Gasteiger partial charge in [-0.3, -0.25) is 4.55 Å². The lowest BCUT2D eigenvalue weighted by Gasteiger charge is -2.16. The number of urea groups is 1. The van der Waals surface area contributed by atoms with Gasteiger partial charge in [0.05, 0.1) is 12.8 Å². The molecule has 3 N–H and O–H groups in total. The summed E-state index contributed by atoms with van der Waals surface area (Å²) in [6, 6.07) is 6.87. The molecule has 0 radical (unpaired) electrons. The second-order valence-electron chi connectivity index (χ2n) is 5.37. The Hall–Kier alpha value is -2.45. The van der Waals surface area contributed by atoms with Gasteiger partial charge >= 0.3 is 6.03 Å². The fourth-order valence-corrected chi connectivity index (χ4v) is 3.17. The summed E-state index contributed by atoms with van der Waals surface area (Å²) in [5, 5.41) is 2.71. The van der Waals surface area contributed by atoms with Crippen molar-refractivity contribution in [3.63, 3.8) is 0 Å². The van der Waals surface area contributed by atoms with Crippen LogP contribution in [-0.4, -0.2) is 26.9 Å². The number of methoxy groups -OCH3 is 1. The van der Waals surface area contributed by atoms with E-state index in [-0.39, 0.29) is 0 Å². The van der Waals surface area contributed by atoms with Crippen LogP contribution >= 0.6 is 0 Å². The quantitative estimate of drug-likeness (QED) is 0.738. The first kappa shape index (κ1) is 16.4. The Morgan fingerprint density at radius 3 is 2.92 bits per heavy atom. The molecular formula is C16H17N3O4S. The zero-order valence-corrected chi connectivity index (χ0v) is 13.9. The van der Waals surface area contributed by atoms with Gasteiger partial charge in [0, 0.05) is 17.8 Å². The molecule has 1 heterocycles. The van der Waals surface area contributed by atoms with Crippen molar-refractivity contribution < 1.29 is 18.3 Å². The van der Waals surface area contributed by atoms with E-state index in [1.807, 2.05) is 16.9 Å². The molecule has 2 aromatic rings. The molecule has 0 saturated carbocycles. The average Bonchev–Trinajstić information content (AvgIpc) is 3.03. The largest absolute Gasteiger partial charge is 0.481 e. The van der Waals surface area contributed by atoms with Crippen LogP contribution < -0.4 is 14.8 Å². The van der Waals surface area contributed by atoms with Gasteiger partial charge in [-0.05, 0) is 42.0 Å². The standard InChI is InChI=1S/C16H17N3O4S/c1-23-14-9-11(7-8-17-14)13-6-5-10-3-2-4-12(10)15(13)18-16(20)19-24(21)22/h5-9H,2-4H2,1H3,(H,21,22)(H2,18,19,20). The predicted octanol–water partition coefficient (Wildman–Crippen LogP) is 2.50. The van der Waals surface area contributed by atoms with E-state index in [9.17, 15) is 9.00 Å². The highest BCUT2D eigenvalue weighted by molar-refractivity contribution is 7.77. The van der Waals surface area contributed by atoms with Gasteiger partial charge in [0.1, 0.15) is 0 Å². The van der Waals surface area contributed by atoms with Crippen LogP contribution in [0.5, 0.6) is 5.88 Å². The fourth-order valence-electron chi connectivity index (χ4n) is 2.96. The molecule has 1 aliphatic rings. The number of aromatic nitrogens is 1. The first-order chi connectivity index (χ1) is 11.6. The highest BCUT2D eigenvalue weighted by atomic mass is 32.2. The number of fused-ring (bicyclic) bond motifs is 1. The SMILES string of the molecule is COc1cc(-c2ccc3c(c2NC(=O)NS(=O)O)CCC3)ccn1. The van der Waals surface area contributed by atoms with E-state index in [4.69, 9.17) is 9.29 Å². The van der Waals surface area contributed by atoms with E-state index < -0.39 is 17.3 Å². The third-order valence-corrected chi connectivity index (χ3v) is 4.32. The van der Waals surface area contributed by atoms with Crippen molar-refractivity contribution in [3.8, 4) is 17.0 Å². The maximum Gasteiger partial charge on any atom is 0.332 e. The van der Waals surface area contributed by atoms with Crippen molar-refractivity contribution in [1.29, 1.82) is 0 Å². The number of nitrogens with one attached hydrogen (secondary N) is 2. The number of carbonyl (C=O) groups is 1. The number of carbonyl (C=O) groups excluding carboxylic acids is 1. The molecule has 126 valence electrons. The van der Waals surface area contributed by atoms with Crippen LogP contribution in [0.4, 0.5) is 10.5 Å². The van der Waals surface area contributed by atoms with Crippen molar-refractivity contribution in [2.45, 2.75) is 19.3 Å². The highest BCUT2D eigenvalue weighted by Crippen LogP contribution is 2.38. The molecule has 1 aliphatic carbocycles. The van der Waals surface area contributed by atoms with E-state index in [0.29, 0.717) is 11.6 Å². The minimum atomic E-state index is -2.42. The zero-order chi connectivity index (χ0) is 17.1. The zero-order valence-electron chi connectivity index (χ0n) is 13.0. The minimum absolute atomic E-state index is 0.472. The number of anilines is 1. The lowest BCUT2D eigenvalue weighted by Crippen LogP contribution is -2.30.